The second kappa shape index (κ2) is 6.13. The number of nitriles is 1. The van der Waals surface area contributed by atoms with Crippen molar-refractivity contribution in [2.24, 2.45) is 0 Å². The van der Waals surface area contributed by atoms with Gasteiger partial charge in [0.1, 0.15) is 0 Å². The molecule has 0 saturated carbocycles. The van der Waals surface area contributed by atoms with E-state index in [4.69, 9.17) is 5.26 Å². The van der Waals surface area contributed by atoms with Crippen LogP contribution in [0.1, 0.15) is 29.2 Å². The molecule has 0 bridgehead atoms. The summed E-state index contributed by atoms with van der Waals surface area (Å²) in [6.45, 7) is 5.41. The number of aryl methyl sites for hydroxylation is 2. The average molecular weight is 243 g/mol. The van der Waals surface area contributed by atoms with Crippen molar-refractivity contribution in [3.8, 4) is 17.9 Å². The van der Waals surface area contributed by atoms with E-state index in [9.17, 15) is 4.79 Å². The van der Waals surface area contributed by atoms with Gasteiger partial charge in [-0.15, -0.1) is 0 Å². The topological polar surface area (TPSA) is 40.9 Å². The second-order valence-electron chi connectivity index (χ2n) is 3.68. The van der Waals surface area contributed by atoms with Gasteiger partial charge in [-0.05, 0) is 37.1 Å². The molecule has 0 N–H and O–H groups in total. The highest BCUT2D eigenvalue weighted by molar-refractivity contribution is 8.13. The van der Waals surface area contributed by atoms with Gasteiger partial charge in [0.25, 0.3) is 0 Å². The lowest BCUT2D eigenvalue weighted by Gasteiger charge is -2.03. The molecule has 0 heterocycles. The van der Waals surface area contributed by atoms with E-state index in [1.54, 1.807) is 0 Å². The molecule has 0 aliphatic heterocycles. The third kappa shape index (κ3) is 3.98. The van der Waals surface area contributed by atoms with Crippen molar-refractivity contribution in [3.63, 3.8) is 0 Å². The van der Waals surface area contributed by atoms with E-state index in [2.05, 4.69) is 17.9 Å². The Bertz CT molecular complexity index is 521. The fourth-order valence-corrected chi connectivity index (χ4v) is 1.84. The third-order valence-electron chi connectivity index (χ3n) is 2.22. The minimum atomic E-state index is 0.0765. The van der Waals surface area contributed by atoms with Crippen LogP contribution in [0.5, 0.6) is 0 Å². The molecule has 0 spiro atoms. The third-order valence-corrected chi connectivity index (χ3v) is 2.92. The first kappa shape index (κ1) is 13.4. The number of rotatable bonds is 1. The van der Waals surface area contributed by atoms with Gasteiger partial charge in [0.2, 0.25) is 0 Å². The molecule has 0 aliphatic rings. The van der Waals surface area contributed by atoms with Crippen molar-refractivity contribution >= 4 is 16.9 Å². The molecule has 0 saturated heterocycles. The summed E-state index contributed by atoms with van der Waals surface area (Å²) < 4.78 is 0. The van der Waals surface area contributed by atoms with Crippen LogP contribution in [-0.2, 0) is 4.79 Å². The lowest BCUT2D eigenvalue weighted by molar-refractivity contribution is -0.109. The van der Waals surface area contributed by atoms with Gasteiger partial charge in [-0.1, -0.05) is 23.6 Å². The van der Waals surface area contributed by atoms with E-state index in [-0.39, 0.29) is 5.12 Å². The minimum absolute atomic E-state index is 0.0765. The van der Waals surface area contributed by atoms with E-state index in [1.807, 2.05) is 26.0 Å². The molecule has 0 fully saturated rings. The van der Waals surface area contributed by atoms with Crippen molar-refractivity contribution in [1.29, 1.82) is 5.26 Å². The smallest absolute Gasteiger partial charge is 0.186 e. The Morgan fingerprint density at radius 2 is 1.94 bits per heavy atom. The Balaban J connectivity index is 2.92. The molecule has 0 amide bonds. The Labute approximate surface area is 106 Å². The second-order valence-corrected chi connectivity index (χ2v) is 4.83. The first-order valence-corrected chi connectivity index (χ1v) is 6.16. The van der Waals surface area contributed by atoms with Gasteiger partial charge in [0.15, 0.2) is 5.12 Å². The molecule has 0 atom stereocenters. The zero-order valence-electron chi connectivity index (χ0n) is 10.1. The maximum absolute atomic E-state index is 10.7. The molecule has 86 valence electrons. The van der Waals surface area contributed by atoms with Gasteiger partial charge in [-0.2, -0.15) is 5.26 Å². The van der Waals surface area contributed by atoms with Crippen molar-refractivity contribution in [3.05, 3.63) is 34.4 Å². The molecular formula is C14H13NOS. The molecule has 1 aromatic rings. The number of hydrogen-bond donors (Lipinski definition) is 0. The maximum atomic E-state index is 10.7. The summed E-state index contributed by atoms with van der Waals surface area (Å²) >= 11 is 1.21. The van der Waals surface area contributed by atoms with Gasteiger partial charge >= 0.3 is 0 Å². The van der Waals surface area contributed by atoms with E-state index in [1.165, 1.54) is 18.7 Å². The standard InChI is InChI=1S/C14H13NOS/c1-10-7-13(9-15)8-11(2)14(10)5-4-6-17-12(3)16/h7-8H,6H2,1-3H3. The van der Waals surface area contributed by atoms with E-state index < -0.39 is 0 Å². The van der Waals surface area contributed by atoms with Crippen LogP contribution in [0.15, 0.2) is 12.1 Å². The number of benzene rings is 1. The van der Waals surface area contributed by atoms with Crippen molar-refractivity contribution < 1.29 is 4.79 Å². The average Bonchev–Trinajstić information content (AvgIpc) is 2.26. The summed E-state index contributed by atoms with van der Waals surface area (Å²) in [4.78, 5) is 10.7. The largest absolute Gasteiger partial charge is 0.288 e. The molecule has 2 nitrogen and oxygen atoms in total. The van der Waals surface area contributed by atoms with Crippen LogP contribution >= 0.6 is 11.8 Å². The summed E-state index contributed by atoms with van der Waals surface area (Å²) in [5.74, 6) is 6.52. The highest BCUT2D eigenvalue weighted by Gasteiger charge is 2.02. The molecule has 3 heteroatoms. The van der Waals surface area contributed by atoms with Gasteiger partial charge in [0, 0.05) is 12.5 Å². The first-order valence-electron chi connectivity index (χ1n) is 5.18. The number of carbonyl (C=O) groups excluding carboxylic acids is 1. The van der Waals surface area contributed by atoms with Crippen LogP contribution in [0.4, 0.5) is 0 Å². The SMILES string of the molecule is CC(=O)SCC#Cc1c(C)cc(C#N)cc1C. The minimum Gasteiger partial charge on any atom is -0.288 e. The van der Waals surface area contributed by atoms with Gasteiger partial charge < -0.3 is 0 Å². The fraction of sp³-hybridized carbons (Fsp3) is 0.286. The van der Waals surface area contributed by atoms with Crippen LogP contribution in [-0.4, -0.2) is 10.9 Å². The van der Waals surface area contributed by atoms with Crippen molar-refractivity contribution in [2.75, 3.05) is 5.75 Å². The quantitative estimate of drug-likeness (QED) is 0.712. The fourth-order valence-electron chi connectivity index (χ4n) is 1.49. The summed E-state index contributed by atoms with van der Waals surface area (Å²) in [7, 11) is 0. The van der Waals surface area contributed by atoms with E-state index >= 15 is 0 Å². The number of hydrogen-bond acceptors (Lipinski definition) is 3. The van der Waals surface area contributed by atoms with Gasteiger partial charge in [-0.3, -0.25) is 4.79 Å². The molecule has 0 unspecified atom stereocenters. The summed E-state index contributed by atoms with van der Waals surface area (Å²) in [5, 5.41) is 8.90. The van der Waals surface area contributed by atoms with E-state index in [0.29, 0.717) is 11.3 Å². The Morgan fingerprint density at radius 1 is 1.35 bits per heavy atom. The summed E-state index contributed by atoms with van der Waals surface area (Å²) in [5.41, 5.74) is 3.61. The zero-order valence-corrected chi connectivity index (χ0v) is 10.9. The summed E-state index contributed by atoms with van der Waals surface area (Å²) in [6.07, 6.45) is 0. The number of nitrogens with zero attached hydrogens (tertiary/aromatic N) is 1. The lowest BCUT2D eigenvalue weighted by atomic mass is 10.0. The normalized spacial score (nSPS) is 9.06. The number of thioether (sulfide) groups is 1. The Hall–Kier alpha value is -1.71. The first-order chi connectivity index (χ1) is 8.04. The zero-order chi connectivity index (χ0) is 12.8. The van der Waals surface area contributed by atoms with E-state index in [0.717, 1.165) is 16.7 Å². The van der Waals surface area contributed by atoms with Crippen molar-refractivity contribution in [1.82, 2.24) is 0 Å². The predicted octanol–water partition coefficient (Wildman–Crippen LogP) is 2.81. The van der Waals surface area contributed by atoms with Crippen LogP contribution in [0.25, 0.3) is 0 Å². The van der Waals surface area contributed by atoms with Crippen LogP contribution in [0.2, 0.25) is 0 Å². The maximum Gasteiger partial charge on any atom is 0.186 e. The Morgan fingerprint density at radius 3 is 2.41 bits per heavy atom. The summed E-state index contributed by atoms with van der Waals surface area (Å²) in [6, 6.07) is 5.78. The molecule has 17 heavy (non-hydrogen) atoms. The Kier molecular flexibility index (Phi) is 4.82. The lowest BCUT2D eigenvalue weighted by Crippen LogP contribution is -1.90. The molecule has 0 radical (unpaired) electrons. The van der Waals surface area contributed by atoms with Crippen LogP contribution in [0, 0.1) is 37.0 Å². The molecule has 0 aromatic heterocycles. The monoisotopic (exact) mass is 243 g/mol. The van der Waals surface area contributed by atoms with Gasteiger partial charge in [0.05, 0.1) is 17.4 Å². The highest BCUT2D eigenvalue weighted by Crippen LogP contribution is 2.15. The van der Waals surface area contributed by atoms with Crippen molar-refractivity contribution in [2.45, 2.75) is 20.8 Å². The highest BCUT2D eigenvalue weighted by atomic mass is 32.2. The van der Waals surface area contributed by atoms with Crippen LogP contribution in [0.3, 0.4) is 0 Å². The molecule has 1 aromatic carbocycles. The van der Waals surface area contributed by atoms with Crippen LogP contribution < -0.4 is 0 Å². The molecular weight excluding hydrogens is 230 g/mol. The van der Waals surface area contributed by atoms with Gasteiger partial charge in [-0.25, -0.2) is 0 Å². The molecule has 0 aliphatic carbocycles. The predicted molar refractivity (Wildman–Crippen MR) is 70.6 cm³/mol. The molecule has 1 rings (SSSR count). The number of carbonyl (C=O) groups is 1.